The number of aromatic nitrogens is 3. The van der Waals surface area contributed by atoms with Crippen molar-refractivity contribution in [2.45, 2.75) is 24.1 Å². The molecule has 2 fully saturated rings. The number of phenols is 2. The van der Waals surface area contributed by atoms with E-state index in [1.807, 2.05) is 0 Å². The molecule has 0 aliphatic carbocycles. The lowest BCUT2D eigenvalue weighted by atomic mass is 9.86. The van der Waals surface area contributed by atoms with Crippen LogP contribution in [0.25, 0.3) is 0 Å². The number of fused-ring (bicyclic) bond motifs is 1. The van der Waals surface area contributed by atoms with Crippen molar-refractivity contribution in [1.82, 2.24) is 20.2 Å². The van der Waals surface area contributed by atoms with Gasteiger partial charge in [-0.2, -0.15) is 0 Å². The molecule has 47 heavy (non-hydrogen) atoms. The van der Waals surface area contributed by atoms with Crippen LogP contribution < -0.4 is 27.1 Å². The van der Waals surface area contributed by atoms with Crippen LogP contribution in [-0.4, -0.2) is 88.5 Å². The Morgan fingerprint density at radius 1 is 1.21 bits per heavy atom. The Morgan fingerprint density at radius 3 is 2.62 bits per heavy atom. The quantitative estimate of drug-likeness (QED) is 0.0308. The summed E-state index contributed by atoms with van der Waals surface area (Å²) in [5, 5.41) is 46.3. The third-order valence-corrected chi connectivity index (χ3v) is 9.51. The van der Waals surface area contributed by atoms with Crippen LogP contribution in [0.4, 0.5) is 16.8 Å². The van der Waals surface area contributed by atoms with E-state index in [0.717, 1.165) is 35.2 Å². The highest BCUT2D eigenvalue weighted by Gasteiger charge is 2.57. The van der Waals surface area contributed by atoms with Gasteiger partial charge in [-0.3, -0.25) is 14.4 Å². The lowest BCUT2D eigenvalue weighted by Gasteiger charge is -2.53. The zero-order valence-corrected chi connectivity index (χ0v) is 25.7. The number of carbonyl (C=O) groups excluding carboxylic acids is 2. The minimum absolute atomic E-state index is 0.0625. The summed E-state index contributed by atoms with van der Waals surface area (Å²) in [7, 11) is 0. The number of thiazole rings is 1. The molecule has 2 aromatic heterocycles. The second-order valence-electron chi connectivity index (χ2n) is 10.5. The van der Waals surface area contributed by atoms with E-state index in [9.17, 15) is 39.6 Å². The van der Waals surface area contributed by atoms with E-state index in [2.05, 4.69) is 20.4 Å². The Bertz CT molecular complexity index is 1820. The molecule has 0 saturated carbocycles. The van der Waals surface area contributed by atoms with Gasteiger partial charge in [0.1, 0.15) is 22.5 Å². The van der Waals surface area contributed by atoms with Crippen molar-refractivity contribution in [1.29, 1.82) is 0 Å². The molecule has 20 heteroatoms. The van der Waals surface area contributed by atoms with Crippen molar-refractivity contribution >= 4 is 69.3 Å². The number of hydrogen-bond acceptors (Lipinski definition) is 15. The van der Waals surface area contributed by atoms with Gasteiger partial charge in [-0.25, -0.2) is 14.3 Å². The maximum Gasteiger partial charge on any atom is 0.352 e. The normalized spacial score (nSPS) is 21.5. The van der Waals surface area contributed by atoms with Crippen molar-refractivity contribution in [3.05, 3.63) is 59.4 Å². The number of thioether (sulfide) groups is 1. The van der Waals surface area contributed by atoms with Gasteiger partial charge in [0.2, 0.25) is 30.0 Å². The summed E-state index contributed by atoms with van der Waals surface area (Å²) < 4.78 is 1.56. The number of aliphatic carboxylic acids is 2. The zero-order chi connectivity index (χ0) is 34.0. The van der Waals surface area contributed by atoms with Gasteiger partial charge < -0.3 is 52.7 Å². The molecule has 2 saturated heterocycles. The summed E-state index contributed by atoms with van der Waals surface area (Å²) >= 11 is 2.13. The van der Waals surface area contributed by atoms with E-state index in [1.165, 1.54) is 34.8 Å². The molecule has 3 aromatic rings. The van der Waals surface area contributed by atoms with Gasteiger partial charge in [0.25, 0.3) is 5.91 Å². The third-order valence-electron chi connectivity index (χ3n) is 7.29. The molecule has 0 radical (unpaired) electrons. The lowest BCUT2D eigenvalue weighted by molar-refractivity contribution is -0.675. The van der Waals surface area contributed by atoms with Gasteiger partial charge in [-0.1, -0.05) is 28.4 Å². The molecular weight excluding hydrogens is 658 g/mol. The van der Waals surface area contributed by atoms with E-state index in [0.29, 0.717) is 5.82 Å². The smallest absolute Gasteiger partial charge is 0.352 e. The van der Waals surface area contributed by atoms with Crippen LogP contribution >= 0.6 is 23.1 Å². The number of allylic oxidation sites excluding steroid dienone is 1. The maximum absolute atomic E-state index is 13.4. The molecule has 4 heterocycles. The number of β-lactam (4-membered cyclic amide) rings is 1. The van der Waals surface area contributed by atoms with Crippen LogP contribution in [0.5, 0.6) is 11.5 Å². The van der Waals surface area contributed by atoms with Crippen molar-refractivity contribution in [3.63, 3.8) is 0 Å². The number of amides is 2. The molecule has 2 aliphatic heterocycles. The molecule has 18 nitrogen and oxygen atoms in total. The van der Waals surface area contributed by atoms with E-state index in [-0.39, 0.29) is 41.0 Å². The number of rotatable bonds is 11. The SMILES string of the molecule is Nc1cc(N)[n+](CC=CC2(C(=O)O)CS[C@@H]3C(NC(=O)C(=NOC(C(=O)O)c4ccc(O)c(O)c4)c4csc(N)n4)C(=O)N3C2)cn1. The molecule has 11 N–H and O–H groups in total. The van der Waals surface area contributed by atoms with Crippen LogP contribution in [0.15, 0.2) is 53.3 Å². The number of nitrogens with two attached hydrogens (primary N) is 3. The number of carboxylic acids is 2. The Morgan fingerprint density at radius 2 is 1.98 bits per heavy atom. The van der Waals surface area contributed by atoms with E-state index < -0.39 is 63.9 Å². The average molecular weight is 687 g/mol. The fraction of sp³-hybridized carbons (Fsp3) is 0.259. The first kappa shape index (κ1) is 32.8. The first-order chi connectivity index (χ1) is 22.3. The largest absolute Gasteiger partial charge is 0.504 e. The Balaban J connectivity index is 1.30. The summed E-state index contributed by atoms with van der Waals surface area (Å²) in [5.74, 6) is -4.60. The van der Waals surface area contributed by atoms with Crippen LogP contribution in [0.2, 0.25) is 0 Å². The third kappa shape index (κ3) is 6.67. The standard InChI is InChI=1S/C27H27N9O9S2/c28-16-7-17(29)35(11-31-16)5-1-4-27(25(43)44)9-36-22(40)19(23(36)47-10-27)33-21(39)18(13-8-46-26(30)32-13)34-45-20(24(41)42)12-2-3-14(37)15(38)6-12/h1-4,6-8,11,19-20,23H,5,9-10H2,(H10,28,29,30,32,33,34,37,38,39,41,42,43,44)/p+1/t19?,20?,23-,27?/m1/s1. The summed E-state index contributed by atoms with van der Waals surface area (Å²) in [5.41, 5.74) is 15.2. The van der Waals surface area contributed by atoms with Gasteiger partial charge in [-0.15, -0.1) is 23.1 Å². The number of carbonyl (C=O) groups is 4. The number of anilines is 3. The summed E-state index contributed by atoms with van der Waals surface area (Å²) in [6.45, 7) is 0.0467. The zero-order valence-electron chi connectivity index (χ0n) is 24.1. The van der Waals surface area contributed by atoms with Crippen LogP contribution in [0, 0.1) is 5.41 Å². The van der Waals surface area contributed by atoms with Crippen molar-refractivity contribution < 1.29 is 49.0 Å². The first-order valence-electron chi connectivity index (χ1n) is 13.5. The van der Waals surface area contributed by atoms with Crippen molar-refractivity contribution in [2.24, 2.45) is 10.6 Å². The molecule has 2 amide bonds. The molecule has 0 spiro atoms. The van der Waals surface area contributed by atoms with Crippen molar-refractivity contribution in [3.8, 4) is 11.5 Å². The number of nitrogens with zero attached hydrogens (tertiary/aromatic N) is 5. The summed E-state index contributed by atoms with van der Waals surface area (Å²) in [6.07, 6.45) is 2.72. The number of carboxylic acid groups (broad SMARTS) is 2. The van der Waals surface area contributed by atoms with Gasteiger partial charge in [0.15, 0.2) is 22.3 Å². The summed E-state index contributed by atoms with van der Waals surface area (Å²) in [4.78, 5) is 65.5. The maximum atomic E-state index is 13.4. The Labute approximate surface area is 273 Å². The summed E-state index contributed by atoms with van der Waals surface area (Å²) in [6, 6.07) is 3.60. The number of nitrogen functional groups attached to an aromatic ring is 3. The Hall–Kier alpha value is -5.63. The monoisotopic (exact) mass is 686 g/mol. The fourth-order valence-corrected chi connectivity index (χ4v) is 6.85. The van der Waals surface area contributed by atoms with Gasteiger partial charge in [0, 0.05) is 23.2 Å². The molecular formula is C27H28N9O9S2+. The van der Waals surface area contributed by atoms with E-state index >= 15 is 0 Å². The number of oxime groups is 1. The van der Waals surface area contributed by atoms with Gasteiger partial charge in [0.05, 0.1) is 12.6 Å². The predicted molar refractivity (Wildman–Crippen MR) is 167 cm³/mol. The number of aromatic hydroxyl groups is 2. The highest BCUT2D eigenvalue weighted by Crippen LogP contribution is 2.43. The van der Waals surface area contributed by atoms with Crippen LogP contribution in [-0.2, 0) is 30.6 Å². The van der Waals surface area contributed by atoms with Gasteiger partial charge >= 0.3 is 11.9 Å². The second-order valence-corrected chi connectivity index (χ2v) is 12.5. The molecule has 3 unspecified atom stereocenters. The fourth-order valence-electron chi connectivity index (χ4n) is 4.78. The average Bonchev–Trinajstić information content (AvgIpc) is 3.45. The highest BCUT2D eigenvalue weighted by molar-refractivity contribution is 8.00. The molecule has 1 aromatic carbocycles. The van der Waals surface area contributed by atoms with E-state index in [1.54, 1.807) is 10.6 Å². The minimum Gasteiger partial charge on any atom is -0.504 e. The van der Waals surface area contributed by atoms with E-state index in [4.69, 9.17) is 22.0 Å². The van der Waals surface area contributed by atoms with Crippen molar-refractivity contribution in [2.75, 3.05) is 29.5 Å². The predicted octanol–water partition coefficient (Wildman–Crippen LogP) is -0.743. The topological polar surface area (TPSA) is 294 Å². The Kier molecular flexibility index (Phi) is 9.06. The van der Waals surface area contributed by atoms with Crippen LogP contribution in [0.1, 0.15) is 17.4 Å². The number of benzene rings is 1. The molecule has 246 valence electrons. The molecule has 2 aliphatic rings. The second kappa shape index (κ2) is 13.0. The number of hydrogen-bond donors (Lipinski definition) is 8. The first-order valence-corrected chi connectivity index (χ1v) is 15.5. The molecule has 4 atom stereocenters. The molecule has 5 rings (SSSR count). The number of nitrogens with one attached hydrogen (secondary N) is 1. The minimum atomic E-state index is -1.81. The highest BCUT2D eigenvalue weighted by atomic mass is 32.2. The van der Waals surface area contributed by atoms with Gasteiger partial charge in [-0.05, 0) is 12.1 Å². The molecule has 0 bridgehead atoms. The lowest BCUT2D eigenvalue weighted by Crippen LogP contribution is -2.73. The van der Waals surface area contributed by atoms with Crippen LogP contribution in [0.3, 0.4) is 0 Å². The number of phenolic OH excluding ortho intramolecular Hbond substituents is 2.